The number of nitrogens with zero attached hydrogens (tertiary/aromatic N) is 2. The lowest BCUT2D eigenvalue weighted by Crippen LogP contribution is -2.14. The van der Waals surface area contributed by atoms with E-state index < -0.39 is 9.71 Å². The summed E-state index contributed by atoms with van der Waals surface area (Å²) in [6.07, 6.45) is 3.18. The second-order valence-electron chi connectivity index (χ2n) is 5.25. The van der Waals surface area contributed by atoms with E-state index in [4.69, 9.17) is 27.2 Å². The maximum Gasteiger partial charge on any atom is 0.224 e. The van der Waals surface area contributed by atoms with Crippen molar-refractivity contribution < 1.29 is 8.95 Å². The summed E-state index contributed by atoms with van der Waals surface area (Å²) in [7, 11) is -2.87. The standard InChI is InChI=1S/C15H19BrClN5O2S/c1-25(19,23)13-5-4-10(18)8-12(13)24-7-3-2-6-20-14-11(16)9-21-15(17)22-14/h4-5,8-9H,1-3,6-7,18H2,(H2,19,23)(H,20,21,22). The van der Waals surface area contributed by atoms with Gasteiger partial charge < -0.3 is 15.8 Å². The van der Waals surface area contributed by atoms with E-state index in [0.29, 0.717) is 35.3 Å². The molecule has 0 radical (unpaired) electrons. The van der Waals surface area contributed by atoms with Gasteiger partial charge in [-0.05, 0) is 58.4 Å². The molecule has 136 valence electrons. The molecule has 1 unspecified atom stereocenters. The number of nitrogens with one attached hydrogen (secondary N) is 1. The Balaban J connectivity index is 1.82. The minimum atomic E-state index is -2.87. The van der Waals surface area contributed by atoms with Gasteiger partial charge in [-0.1, -0.05) is 0 Å². The number of unbranched alkanes of at least 4 members (excludes halogenated alkanes) is 1. The van der Waals surface area contributed by atoms with Crippen molar-refractivity contribution in [3.05, 3.63) is 34.2 Å². The van der Waals surface area contributed by atoms with Crippen LogP contribution >= 0.6 is 27.5 Å². The summed E-state index contributed by atoms with van der Waals surface area (Å²) < 4.78 is 18.4. The number of ether oxygens (including phenoxy) is 1. The second-order valence-corrected chi connectivity index (χ2v) is 8.34. The summed E-state index contributed by atoms with van der Waals surface area (Å²) in [6, 6.07) is 4.80. The van der Waals surface area contributed by atoms with Crippen LogP contribution in [0.2, 0.25) is 5.28 Å². The minimum Gasteiger partial charge on any atom is -0.492 e. The molecule has 0 fully saturated rings. The molecule has 0 aliphatic carbocycles. The lowest BCUT2D eigenvalue weighted by molar-refractivity contribution is 0.301. The van der Waals surface area contributed by atoms with Crippen molar-refractivity contribution in [2.75, 3.05) is 24.2 Å². The van der Waals surface area contributed by atoms with Crippen molar-refractivity contribution in [2.45, 2.75) is 17.7 Å². The topological polar surface area (TPSA) is 116 Å². The molecule has 2 aromatic rings. The summed E-state index contributed by atoms with van der Waals surface area (Å²) in [5.41, 5.74) is 6.25. The number of hydrogen-bond acceptors (Lipinski definition) is 6. The van der Waals surface area contributed by atoms with Crippen LogP contribution in [0.1, 0.15) is 12.8 Å². The monoisotopic (exact) mass is 447 g/mol. The van der Waals surface area contributed by atoms with Gasteiger partial charge in [0.15, 0.2) is 0 Å². The first-order valence-electron chi connectivity index (χ1n) is 7.36. The van der Waals surface area contributed by atoms with Crippen LogP contribution in [-0.2, 0) is 9.71 Å². The zero-order chi connectivity index (χ0) is 18.4. The second kappa shape index (κ2) is 8.70. The first-order chi connectivity index (χ1) is 11.8. The Morgan fingerprint density at radius 3 is 2.88 bits per heavy atom. The van der Waals surface area contributed by atoms with Crippen molar-refractivity contribution in [2.24, 2.45) is 5.14 Å². The zero-order valence-electron chi connectivity index (χ0n) is 13.4. The van der Waals surface area contributed by atoms with Crippen molar-refractivity contribution in [1.82, 2.24) is 9.97 Å². The fraction of sp³-hybridized carbons (Fsp3) is 0.267. The van der Waals surface area contributed by atoms with Crippen molar-refractivity contribution >= 4 is 54.6 Å². The van der Waals surface area contributed by atoms with Gasteiger partial charge in [-0.3, -0.25) is 5.14 Å². The highest BCUT2D eigenvalue weighted by atomic mass is 79.9. The predicted octanol–water partition coefficient (Wildman–Crippen LogP) is 2.69. The number of halogens is 2. The molecule has 1 aromatic carbocycles. The highest BCUT2D eigenvalue weighted by Gasteiger charge is 2.11. The summed E-state index contributed by atoms with van der Waals surface area (Å²) in [4.78, 5) is 8.31. The third kappa shape index (κ3) is 6.03. The lowest BCUT2D eigenvalue weighted by Gasteiger charge is -2.13. The summed E-state index contributed by atoms with van der Waals surface area (Å²) in [5.74, 6) is 4.53. The van der Waals surface area contributed by atoms with Crippen LogP contribution in [0.3, 0.4) is 0 Å². The Kier molecular flexibility index (Phi) is 6.88. The van der Waals surface area contributed by atoms with Crippen LogP contribution in [0.4, 0.5) is 11.5 Å². The number of aromatic nitrogens is 2. The number of anilines is 2. The van der Waals surface area contributed by atoms with E-state index in [1.165, 1.54) is 0 Å². The van der Waals surface area contributed by atoms with Crippen molar-refractivity contribution in [1.29, 1.82) is 0 Å². The molecular weight excluding hydrogens is 430 g/mol. The molecular formula is C15H19BrClN5O2S. The highest BCUT2D eigenvalue weighted by Crippen LogP contribution is 2.25. The molecule has 1 aromatic heterocycles. The number of nitrogens with two attached hydrogens (primary N) is 2. The van der Waals surface area contributed by atoms with Gasteiger partial charge in [0.1, 0.15) is 11.6 Å². The van der Waals surface area contributed by atoms with Gasteiger partial charge in [0.05, 0.1) is 25.7 Å². The SMILES string of the molecule is C=S(N)(=O)c1ccc(N)cc1OCCCCNc1nc(Cl)ncc1Br. The minimum absolute atomic E-state index is 0.182. The third-order valence-corrected chi connectivity index (χ3v) is 5.02. The molecule has 1 atom stereocenters. The molecule has 7 nitrogen and oxygen atoms in total. The van der Waals surface area contributed by atoms with Crippen LogP contribution in [-0.4, -0.2) is 33.2 Å². The van der Waals surface area contributed by atoms with Gasteiger partial charge in [0.25, 0.3) is 0 Å². The molecule has 0 bridgehead atoms. The molecule has 1 heterocycles. The van der Waals surface area contributed by atoms with E-state index in [0.717, 1.165) is 17.3 Å². The number of rotatable bonds is 8. The first kappa shape index (κ1) is 19.8. The Morgan fingerprint density at radius 2 is 2.16 bits per heavy atom. The van der Waals surface area contributed by atoms with Gasteiger partial charge in [0.2, 0.25) is 5.28 Å². The van der Waals surface area contributed by atoms with E-state index in [9.17, 15) is 4.21 Å². The smallest absolute Gasteiger partial charge is 0.224 e. The third-order valence-electron chi connectivity index (χ3n) is 3.18. The summed E-state index contributed by atoms with van der Waals surface area (Å²) in [6.45, 7) is 1.11. The van der Waals surface area contributed by atoms with Gasteiger partial charge in [-0.25, -0.2) is 9.19 Å². The molecule has 0 aliphatic heterocycles. The number of hydrogen-bond donors (Lipinski definition) is 3. The quantitative estimate of drug-likeness (QED) is 0.247. The van der Waals surface area contributed by atoms with E-state index in [1.807, 2.05) is 0 Å². The van der Waals surface area contributed by atoms with Crippen LogP contribution in [0.15, 0.2) is 33.8 Å². The van der Waals surface area contributed by atoms with Crippen LogP contribution in [0.25, 0.3) is 0 Å². The predicted molar refractivity (Wildman–Crippen MR) is 107 cm³/mol. The largest absolute Gasteiger partial charge is 0.492 e. The molecule has 0 amide bonds. The fourth-order valence-electron chi connectivity index (χ4n) is 2.01. The van der Waals surface area contributed by atoms with Gasteiger partial charge in [0, 0.05) is 24.5 Å². The van der Waals surface area contributed by atoms with E-state index >= 15 is 0 Å². The maximum atomic E-state index is 12.0. The zero-order valence-corrected chi connectivity index (χ0v) is 16.5. The Morgan fingerprint density at radius 1 is 1.40 bits per heavy atom. The fourth-order valence-corrected chi connectivity index (χ4v) is 3.23. The van der Waals surface area contributed by atoms with Gasteiger partial charge >= 0.3 is 0 Å². The molecule has 0 saturated carbocycles. The summed E-state index contributed by atoms with van der Waals surface area (Å²) >= 11 is 9.11. The molecule has 0 aliphatic rings. The summed E-state index contributed by atoms with van der Waals surface area (Å²) in [5, 5.41) is 8.95. The lowest BCUT2D eigenvalue weighted by atomic mass is 10.3. The van der Waals surface area contributed by atoms with Crippen molar-refractivity contribution in [3.8, 4) is 5.75 Å². The van der Waals surface area contributed by atoms with Crippen LogP contribution < -0.4 is 20.9 Å². The molecule has 2 rings (SSSR count). The first-order valence-corrected chi connectivity index (χ1v) is 10.3. The molecule has 25 heavy (non-hydrogen) atoms. The normalized spacial score (nSPS) is 13.2. The van der Waals surface area contributed by atoms with E-state index in [1.54, 1.807) is 24.4 Å². The highest BCUT2D eigenvalue weighted by molar-refractivity contribution is 9.10. The number of benzene rings is 1. The van der Waals surface area contributed by atoms with Gasteiger partial charge in [-0.2, -0.15) is 4.98 Å². The van der Waals surface area contributed by atoms with Crippen LogP contribution in [0, 0.1) is 0 Å². The average molecular weight is 449 g/mol. The molecule has 0 spiro atoms. The molecule has 5 N–H and O–H groups in total. The number of nitrogen functional groups attached to an aromatic ring is 1. The average Bonchev–Trinajstić information content (AvgIpc) is 2.52. The van der Waals surface area contributed by atoms with E-state index in [-0.39, 0.29) is 5.28 Å². The van der Waals surface area contributed by atoms with Crippen molar-refractivity contribution in [3.63, 3.8) is 0 Å². The van der Waals surface area contributed by atoms with Crippen LogP contribution in [0.5, 0.6) is 5.75 Å². The van der Waals surface area contributed by atoms with E-state index in [2.05, 4.69) is 37.1 Å². The van der Waals surface area contributed by atoms with Gasteiger partial charge in [-0.15, -0.1) is 0 Å². The Bertz CT molecular complexity index is 848. The molecule has 0 saturated heterocycles. The Hall–Kier alpha value is -1.55. The molecule has 10 heteroatoms. The Labute approximate surface area is 160 Å². The maximum absolute atomic E-state index is 12.0.